The van der Waals surface area contributed by atoms with Gasteiger partial charge in [0.25, 0.3) is 0 Å². The Morgan fingerprint density at radius 2 is 2.33 bits per heavy atom. The van der Waals surface area contributed by atoms with Crippen LogP contribution in [-0.2, 0) is 11.2 Å². The van der Waals surface area contributed by atoms with E-state index in [0.717, 1.165) is 23.5 Å². The normalized spacial score (nSPS) is 16.9. The second-order valence-electron chi connectivity index (χ2n) is 4.11. The summed E-state index contributed by atoms with van der Waals surface area (Å²) < 4.78 is 0. The lowest BCUT2D eigenvalue weighted by molar-refractivity contribution is -0.121. The van der Waals surface area contributed by atoms with E-state index in [1.807, 2.05) is 12.3 Å². The average Bonchev–Trinajstić information content (AvgIpc) is 2.77. The van der Waals surface area contributed by atoms with Crippen molar-refractivity contribution in [3.8, 4) is 0 Å². The van der Waals surface area contributed by atoms with Crippen LogP contribution in [0.1, 0.15) is 36.4 Å². The molecule has 0 radical (unpaired) electrons. The molecule has 0 saturated heterocycles. The fourth-order valence-corrected chi connectivity index (χ4v) is 2.74. The Labute approximate surface area is 93.9 Å². The average molecular weight is 224 g/mol. The molecule has 2 rings (SSSR count). The van der Waals surface area contributed by atoms with Crippen LogP contribution in [0.25, 0.3) is 0 Å². The van der Waals surface area contributed by atoms with Gasteiger partial charge in [0, 0.05) is 17.1 Å². The van der Waals surface area contributed by atoms with Crippen molar-refractivity contribution in [1.82, 2.24) is 10.3 Å². The fourth-order valence-electron chi connectivity index (χ4n) is 1.97. The summed E-state index contributed by atoms with van der Waals surface area (Å²) in [7, 11) is 0. The number of rotatable bonds is 3. The van der Waals surface area contributed by atoms with Gasteiger partial charge in [-0.3, -0.25) is 4.79 Å². The first-order valence-corrected chi connectivity index (χ1v) is 6.32. The summed E-state index contributed by atoms with van der Waals surface area (Å²) in [5, 5.41) is 5.97. The fraction of sp³-hybridized carbons (Fsp3) is 0.636. The number of aromatic nitrogens is 1. The van der Waals surface area contributed by atoms with E-state index in [1.165, 1.54) is 12.8 Å². The van der Waals surface area contributed by atoms with Gasteiger partial charge in [-0.15, -0.1) is 11.3 Å². The van der Waals surface area contributed by atoms with Gasteiger partial charge in [-0.25, -0.2) is 4.98 Å². The molecule has 1 aliphatic rings. The lowest BCUT2D eigenvalue weighted by Gasteiger charge is -2.10. The Morgan fingerprint density at radius 3 is 2.93 bits per heavy atom. The zero-order valence-electron chi connectivity index (χ0n) is 8.95. The maximum absolute atomic E-state index is 11.6. The monoisotopic (exact) mass is 224 g/mol. The molecule has 0 aliphatic heterocycles. The van der Waals surface area contributed by atoms with Crippen molar-refractivity contribution in [3.05, 3.63) is 16.1 Å². The molecule has 1 aromatic heterocycles. The maximum atomic E-state index is 11.6. The van der Waals surface area contributed by atoms with Crippen LogP contribution in [0.2, 0.25) is 0 Å². The Hall–Kier alpha value is -0.900. The van der Waals surface area contributed by atoms with Crippen LogP contribution in [0, 0.1) is 6.92 Å². The highest BCUT2D eigenvalue weighted by molar-refractivity contribution is 7.09. The van der Waals surface area contributed by atoms with Crippen molar-refractivity contribution in [1.29, 1.82) is 0 Å². The molecule has 0 atom stereocenters. The lowest BCUT2D eigenvalue weighted by atomic mass is 10.2. The molecule has 0 spiro atoms. The largest absolute Gasteiger partial charge is 0.353 e. The SMILES string of the molecule is Cc1csc(CC(=O)NC2CCCC2)n1. The molecule has 1 aromatic rings. The Morgan fingerprint density at radius 1 is 1.60 bits per heavy atom. The highest BCUT2D eigenvalue weighted by Crippen LogP contribution is 2.18. The minimum atomic E-state index is 0.122. The zero-order valence-corrected chi connectivity index (χ0v) is 9.77. The Bertz CT molecular complexity index is 342. The summed E-state index contributed by atoms with van der Waals surface area (Å²) in [5.41, 5.74) is 1.00. The third kappa shape index (κ3) is 3.02. The molecule has 15 heavy (non-hydrogen) atoms. The zero-order chi connectivity index (χ0) is 10.7. The van der Waals surface area contributed by atoms with Crippen molar-refractivity contribution in [2.45, 2.75) is 45.1 Å². The van der Waals surface area contributed by atoms with Crippen LogP contribution in [0.3, 0.4) is 0 Å². The van der Waals surface area contributed by atoms with Gasteiger partial charge < -0.3 is 5.32 Å². The summed E-state index contributed by atoms with van der Waals surface area (Å²) >= 11 is 1.56. The quantitative estimate of drug-likeness (QED) is 0.854. The van der Waals surface area contributed by atoms with Crippen molar-refractivity contribution in [2.24, 2.45) is 0 Å². The number of hydrogen-bond donors (Lipinski definition) is 1. The van der Waals surface area contributed by atoms with Crippen LogP contribution in [0.4, 0.5) is 0 Å². The van der Waals surface area contributed by atoms with Crippen molar-refractivity contribution in [2.75, 3.05) is 0 Å². The predicted molar refractivity (Wildman–Crippen MR) is 61.0 cm³/mol. The van der Waals surface area contributed by atoms with Gasteiger partial charge in [0.2, 0.25) is 5.91 Å². The third-order valence-corrected chi connectivity index (χ3v) is 3.67. The van der Waals surface area contributed by atoms with E-state index in [-0.39, 0.29) is 5.91 Å². The molecular weight excluding hydrogens is 208 g/mol. The van der Waals surface area contributed by atoms with Crippen LogP contribution in [-0.4, -0.2) is 16.9 Å². The topological polar surface area (TPSA) is 42.0 Å². The van der Waals surface area contributed by atoms with E-state index < -0.39 is 0 Å². The number of thiazole rings is 1. The van der Waals surface area contributed by atoms with Crippen LogP contribution in [0.15, 0.2) is 5.38 Å². The van der Waals surface area contributed by atoms with Crippen molar-refractivity contribution >= 4 is 17.2 Å². The van der Waals surface area contributed by atoms with E-state index in [0.29, 0.717) is 12.5 Å². The highest BCUT2D eigenvalue weighted by atomic mass is 32.1. The summed E-state index contributed by atoms with van der Waals surface area (Å²) in [6, 6.07) is 0.415. The maximum Gasteiger partial charge on any atom is 0.227 e. The van der Waals surface area contributed by atoms with E-state index in [4.69, 9.17) is 0 Å². The second-order valence-corrected chi connectivity index (χ2v) is 5.05. The molecule has 1 amide bonds. The smallest absolute Gasteiger partial charge is 0.227 e. The first kappa shape index (κ1) is 10.6. The summed E-state index contributed by atoms with van der Waals surface area (Å²) in [6.07, 6.45) is 5.23. The van der Waals surface area contributed by atoms with Gasteiger partial charge >= 0.3 is 0 Å². The van der Waals surface area contributed by atoms with Crippen molar-refractivity contribution in [3.63, 3.8) is 0 Å². The van der Waals surface area contributed by atoms with Gasteiger partial charge in [0.05, 0.1) is 6.42 Å². The number of nitrogens with one attached hydrogen (secondary N) is 1. The number of amides is 1. The first-order valence-electron chi connectivity index (χ1n) is 5.44. The molecule has 0 aromatic carbocycles. The van der Waals surface area contributed by atoms with E-state index in [2.05, 4.69) is 10.3 Å². The van der Waals surface area contributed by atoms with E-state index >= 15 is 0 Å². The molecule has 82 valence electrons. The molecule has 1 aliphatic carbocycles. The predicted octanol–water partition coefficient (Wildman–Crippen LogP) is 2.05. The van der Waals surface area contributed by atoms with Gasteiger partial charge in [-0.05, 0) is 19.8 Å². The molecule has 0 bridgehead atoms. The second kappa shape index (κ2) is 4.75. The van der Waals surface area contributed by atoms with Gasteiger partial charge in [-0.1, -0.05) is 12.8 Å². The summed E-state index contributed by atoms with van der Waals surface area (Å²) in [4.78, 5) is 15.9. The molecule has 1 heterocycles. The number of carbonyl (C=O) groups is 1. The number of aryl methyl sites for hydroxylation is 1. The molecule has 1 N–H and O–H groups in total. The highest BCUT2D eigenvalue weighted by Gasteiger charge is 2.17. The molecule has 4 heteroatoms. The summed E-state index contributed by atoms with van der Waals surface area (Å²) in [5.74, 6) is 0.122. The molecule has 1 saturated carbocycles. The molecular formula is C11H16N2OS. The Kier molecular flexibility index (Phi) is 3.36. The summed E-state index contributed by atoms with van der Waals surface area (Å²) in [6.45, 7) is 1.95. The van der Waals surface area contributed by atoms with Crippen LogP contribution < -0.4 is 5.32 Å². The van der Waals surface area contributed by atoms with Gasteiger partial charge in [0.15, 0.2) is 0 Å². The molecule has 3 nitrogen and oxygen atoms in total. The van der Waals surface area contributed by atoms with E-state index in [9.17, 15) is 4.79 Å². The van der Waals surface area contributed by atoms with Gasteiger partial charge in [0.1, 0.15) is 5.01 Å². The molecule has 0 unspecified atom stereocenters. The standard InChI is InChI=1S/C11H16N2OS/c1-8-7-15-11(12-8)6-10(14)13-9-4-2-3-5-9/h7,9H,2-6H2,1H3,(H,13,14). The van der Waals surface area contributed by atoms with Crippen LogP contribution >= 0.6 is 11.3 Å². The Balaban J connectivity index is 1.81. The first-order chi connectivity index (χ1) is 7.24. The van der Waals surface area contributed by atoms with Crippen LogP contribution in [0.5, 0.6) is 0 Å². The lowest BCUT2D eigenvalue weighted by Crippen LogP contribution is -2.33. The van der Waals surface area contributed by atoms with Crippen molar-refractivity contribution < 1.29 is 4.79 Å². The van der Waals surface area contributed by atoms with E-state index in [1.54, 1.807) is 11.3 Å². The molecule has 1 fully saturated rings. The minimum Gasteiger partial charge on any atom is -0.353 e. The van der Waals surface area contributed by atoms with Gasteiger partial charge in [-0.2, -0.15) is 0 Å². The number of nitrogens with zero attached hydrogens (tertiary/aromatic N) is 1. The third-order valence-electron chi connectivity index (χ3n) is 2.70. The number of carbonyl (C=O) groups excluding carboxylic acids is 1. The number of hydrogen-bond acceptors (Lipinski definition) is 3. The minimum absolute atomic E-state index is 0.122.